The summed E-state index contributed by atoms with van der Waals surface area (Å²) in [5.74, 6) is 1.78. The summed E-state index contributed by atoms with van der Waals surface area (Å²) < 4.78 is 6.13. The summed E-state index contributed by atoms with van der Waals surface area (Å²) in [7, 11) is 0. The van der Waals surface area contributed by atoms with Gasteiger partial charge in [0.2, 0.25) is 0 Å². The molecule has 2 aliphatic rings. The first-order valence-corrected chi connectivity index (χ1v) is 8.95. The maximum absolute atomic E-state index is 8.98. The third kappa shape index (κ3) is 4.23. The smallest absolute Gasteiger partial charge is 0.119 e. The molecule has 1 N–H and O–H groups in total. The van der Waals surface area contributed by atoms with Crippen LogP contribution in [0.15, 0.2) is 24.3 Å². The molecule has 1 saturated heterocycles. The van der Waals surface area contributed by atoms with Crippen molar-refractivity contribution in [2.24, 2.45) is 0 Å². The molecule has 0 aromatic heterocycles. The second-order valence-corrected chi connectivity index (χ2v) is 6.79. The van der Waals surface area contributed by atoms with Crippen LogP contribution in [0.25, 0.3) is 0 Å². The van der Waals surface area contributed by atoms with Crippen molar-refractivity contribution in [1.82, 2.24) is 4.90 Å². The van der Waals surface area contributed by atoms with E-state index in [1.807, 2.05) is 0 Å². The van der Waals surface area contributed by atoms with Crippen LogP contribution >= 0.6 is 0 Å². The fraction of sp³-hybridized carbons (Fsp3) is 0.684. The lowest BCUT2D eigenvalue weighted by atomic mass is 9.84. The van der Waals surface area contributed by atoms with Crippen LogP contribution in [0.2, 0.25) is 0 Å². The molecular weight excluding hydrogens is 274 g/mol. The quantitative estimate of drug-likeness (QED) is 0.902. The Labute approximate surface area is 134 Å². The summed E-state index contributed by atoms with van der Waals surface area (Å²) in [6, 6.07) is 8.85. The molecule has 0 radical (unpaired) electrons. The summed E-state index contributed by atoms with van der Waals surface area (Å²) >= 11 is 0. The zero-order valence-electron chi connectivity index (χ0n) is 13.5. The molecule has 1 aliphatic heterocycles. The number of likely N-dealkylation sites (tertiary alicyclic amines) is 1. The number of β-amino-alcohol motifs (C(OH)–C–C–N with tert-alkyl or cyclic N) is 1. The number of aliphatic hydroxyl groups excluding tert-OH is 1. The number of rotatable bonds is 5. The van der Waals surface area contributed by atoms with Crippen LogP contribution in [-0.4, -0.2) is 42.4 Å². The summed E-state index contributed by atoms with van der Waals surface area (Å²) in [6.45, 7) is 3.12. The van der Waals surface area contributed by atoms with E-state index in [1.54, 1.807) is 0 Å². The molecule has 0 bridgehead atoms. The van der Waals surface area contributed by atoms with Crippen LogP contribution in [0.4, 0.5) is 0 Å². The Morgan fingerprint density at radius 2 is 1.64 bits per heavy atom. The van der Waals surface area contributed by atoms with Gasteiger partial charge in [-0.15, -0.1) is 0 Å². The summed E-state index contributed by atoms with van der Waals surface area (Å²) in [5, 5.41) is 8.98. The van der Waals surface area contributed by atoms with Crippen molar-refractivity contribution in [2.45, 2.75) is 57.0 Å². The molecule has 1 heterocycles. The van der Waals surface area contributed by atoms with Gasteiger partial charge < -0.3 is 14.7 Å². The molecule has 0 spiro atoms. The van der Waals surface area contributed by atoms with Crippen LogP contribution in [0.5, 0.6) is 5.75 Å². The van der Waals surface area contributed by atoms with Crippen molar-refractivity contribution in [3.05, 3.63) is 29.8 Å². The number of nitrogens with zero attached hydrogens (tertiary/aromatic N) is 1. The number of hydrogen-bond donors (Lipinski definition) is 1. The zero-order chi connectivity index (χ0) is 15.2. The Morgan fingerprint density at radius 3 is 2.27 bits per heavy atom. The predicted molar refractivity (Wildman–Crippen MR) is 89.4 cm³/mol. The van der Waals surface area contributed by atoms with Crippen LogP contribution in [0, 0.1) is 0 Å². The minimum Gasteiger partial charge on any atom is -0.490 e. The molecular formula is C19H29NO2. The first-order valence-electron chi connectivity index (χ1n) is 8.95. The van der Waals surface area contributed by atoms with Gasteiger partial charge in [-0.05, 0) is 49.3 Å². The predicted octanol–water partition coefficient (Wildman–Crippen LogP) is 3.57. The Hall–Kier alpha value is -1.06. The maximum atomic E-state index is 8.98. The molecule has 0 unspecified atom stereocenters. The molecule has 122 valence electrons. The Balaban J connectivity index is 1.49. The largest absolute Gasteiger partial charge is 0.490 e. The molecule has 22 heavy (non-hydrogen) atoms. The van der Waals surface area contributed by atoms with Gasteiger partial charge in [-0.25, -0.2) is 0 Å². The number of benzene rings is 1. The van der Waals surface area contributed by atoms with Gasteiger partial charge >= 0.3 is 0 Å². The van der Waals surface area contributed by atoms with Crippen molar-refractivity contribution < 1.29 is 9.84 Å². The van der Waals surface area contributed by atoms with Crippen molar-refractivity contribution in [1.29, 1.82) is 0 Å². The maximum Gasteiger partial charge on any atom is 0.119 e. The average molecular weight is 303 g/mol. The number of piperidine rings is 1. The highest BCUT2D eigenvalue weighted by atomic mass is 16.5. The normalized spacial score (nSPS) is 21.9. The minimum absolute atomic E-state index is 0.258. The van der Waals surface area contributed by atoms with Crippen molar-refractivity contribution in [3.63, 3.8) is 0 Å². The SMILES string of the molecule is OCCN1CCC(Oc2ccc(C3CCCCC3)cc2)CC1. The van der Waals surface area contributed by atoms with Crippen LogP contribution in [0.3, 0.4) is 0 Å². The summed E-state index contributed by atoms with van der Waals surface area (Å²) in [5.41, 5.74) is 1.49. The first kappa shape index (κ1) is 15.8. The standard InChI is InChI=1S/C19H29NO2/c21-15-14-20-12-10-19(11-13-20)22-18-8-6-17(7-9-18)16-4-2-1-3-5-16/h6-9,16,19,21H,1-5,10-15H2. The lowest BCUT2D eigenvalue weighted by Gasteiger charge is -2.31. The topological polar surface area (TPSA) is 32.7 Å². The molecule has 3 rings (SSSR count). The van der Waals surface area contributed by atoms with Gasteiger partial charge in [-0.2, -0.15) is 0 Å². The molecule has 3 heteroatoms. The van der Waals surface area contributed by atoms with E-state index in [2.05, 4.69) is 29.2 Å². The minimum atomic E-state index is 0.258. The third-order valence-electron chi connectivity index (χ3n) is 5.21. The average Bonchev–Trinajstić information content (AvgIpc) is 2.58. The van der Waals surface area contributed by atoms with Crippen LogP contribution in [0.1, 0.15) is 56.4 Å². The highest BCUT2D eigenvalue weighted by Crippen LogP contribution is 2.33. The molecule has 0 amide bonds. The van der Waals surface area contributed by atoms with Gasteiger partial charge in [-0.1, -0.05) is 31.4 Å². The van der Waals surface area contributed by atoms with E-state index in [9.17, 15) is 0 Å². The van der Waals surface area contributed by atoms with E-state index < -0.39 is 0 Å². The van der Waals surface area contributed by atoms with E-state index in [0.717, 1.165) is 44.1 Å². The second kappa shape index (κ2) is 7.98. The van der Waals surface area contributed by atoms with Crippen LogP contribution in [-0.2, 0) is 0 Å². The molecule has 1 aromatic carbocycles. The van der Waals surface area contributed by atoms with Gasteiger partial charge in [0.1, 0.15) is 11.9 Å². The Morgan fingerprint density at radius 1 is 0.955 bits per heavy atom. The zero-order valence-corrected chi connectivity index (χ0v) is 13.5. The fourth-order valence-electron chi connectivity index (χ4n) is 3.84. The Bertz CT molecular complexity index is 431. The summed E-state index contributed by atoms with van der Waals surface area (Å²) in [4.78, 5) is 2.31. The third-order valence-corrected chi connectivity index (χ3v) is 5.21. The Kier molecular flexibility index (Phi) is 5.74. The molecule has 1 aromatic rings. The van der Waals surface area contributed by atoms with E-state index in [0.29, 0.717) is 6.10 Å². The second-order valence-electron chi connectivity index (χ2n) is 6.79. The van der Waals surface area contributed by atoms with Gasteiger partial charge in [0.25, 0.3) is 0 Å². The first-order chi connectivity index (χ1) is 10.8. The van der Waals surface area contributed by atoms with Gasteiger partial charge in [-0.3, -0.25) is 0 Å². The van der Waals surface area contributed by atoms with E-state index >= 15 is 0 Å². The van der Waals surface area contributed by atoms with Crippen molar-refractivity contribution in [3.8, 4) is 5.75 Å². The molecule has 2 fully saturated rings. The number of aliphatic hydroxyl groups is 1. The van der Waals surface area contributed by atoms with Crippen molar-refractivity contribution >= 4 is 0 Å². The lowest BCUT2D eigenvalue weighted by molar-refractivity contribution is 0.0889. The highest BCUT2D eigenvalue weighted by Gasteiger charge is 2.20. The van der Waals surface area contributed by atoms with Gasteiger partial charge in [0.05, 0.1) is 6.61 Å². The van der Waals surface area contributed by atoms with E-state index in [1.165, 1.54) is 37.7 Å². The van der Waals surface area contributed by atoms with E-state index in [-0.39, 0.29) is 6.61 Å². The molecule has 1 saturated carbocycles. The van der Waals surface area contributed by atoms with Crippen LogP contribution < -0.4 is 4.74 Å². The van der Waals surface area contributed by atoms with Gasteiger partial charge in [0.15, 0.2) is 0 Å². The number of hydrogen-bond acceptors (Lipinski definition) is 3. The molecule has 3 nitrogen and oxygen atoms in total. The van der Waals surface area contributed by atoms with E-state index in [4.69, 9.17) is 9.84 Å². The van der Waals surface area contributed by atoms with Gasteiger partial charge in [0, 0.05) is 19.6 Å². The monoisotopic (exact) mass is 303 g/mol. The number of ether oxygens (including phenoxy) is 1. The lowest BCUT2D eigenvalue weighted by Crippen LogP contribution is -2.39. The molecule has 0 atom stereocenters. The fourth-order valence-corrected chi connectivity index (χ4v) is 3.84. The summed E-state index contributed by atoms with van der Waals surface area (Å²) in [6.07, 6.45) is 9.33. The van der Waals surface area contributed by atoms with Crippen molar-refractivity contribution in [2.75, 3.05) is 26.2 Å². The highest BCUT2D eigenvalue weighted by molar-refractivity contribution is 5.29. The molecule has 1 aliphatic carbocycles.